The molecule has 1 N–H and O–H groups in total. The molecule has 0 atom stereocenters. The van der Waals surface area contributed by atoms with Crippen molar-refractivity contribution in [1.29, 1.82) is 0 Å². The molecule has 0 aromatic heterocycles. The van der Waals surface area contributed by atoms with E-state index in [4.69, 9.17) is 0 Å². The number of benzene rings is 1. The number of amides is 1. The molecule has 1 amide bonds. The fourth-order valence-electron chi connectivity index (χ4n) is 2.75. The number of carbonyl (C=O) groups excluding carboxylic acids is 1. The second kappa shape index (κ2) is 6.38. The van der Waals surface area contributed by atoms with Crippen LogP contribution in [-0.4, -0.2) is 31.7 Å². The van der Waals surface area contributed by atoms with Crippen molar-refractivity contribution < 1.29 is 13.2 Å². The second-order valence-electron chi connectivity index (χ2n) is 6.10. The molecular weight excluding hydrogens is 300 g/mol. The predicted octanol–water partition coefficient (Wildman–Crippen LogP) is 1.89. The van der Waals surface area contributed by atoms with Crippen LogP contribution in [-0.2, 0) is 21.4 Å². The van der Waals surface area contributed by atoms with Gasteiger partial charge in [0, 0.05) is 25.6 Å². The van der Waals surface area contributed by atoms with E-state index >= 15 is 0 Å². The molecule has 0 spiro atoms. The Morgan fingerprint density at radius 1 is 1.18 bits per heavy atom. The third kappa shape index (κ3) is 3.50. The number of nitrogens with one attached hydrogen (secondary N) is 1. The highest BCUT2D eigenvalue weighted by Gasteiger charge is 2.29. The van der Waals surface area contributed by atoms with E-state index in [0.717, 1.165) is 37.7 Å². The zero-order valence-electron chi connectivity index (χ0n) is 12.6. The standard InChI is InChI=1S/C16H22N2O3S/c19-16(14-7-8-14)17-12-13-5-4-6-15(11-13)22(20,21)18-9-2-1-3-10-18/h4-6,11,14H,1-3,7-10,12H2,(H,17,19). The summed E-state index contributed by atoms with van der Waals surface area (Å²) < 4.78 is 26.8. The third-order valence-electron chi connectivity index (χ3n) is 4.27. The summed E-state index contributed by atoms with van der Waals surface area (Å²) in [5.41, 5.74) is 0.826. The van der Waals surface area contributed by atoms with Gasteiger partial charge in [0.15, 0.2) is 0 Å². The van der Waals surface area contributed by atoms with Crippen LogP contribution >= 0.6 is 0 Å². The number of rotatable bonds is 5. The van der Waals surface area contributed by atoms with Crippen LogP contribution in [0.5, 0.6) is 0 Å². The van der Waals surface area contributed by atoms with Gasteiger partial charge in [-0.15, -0.1) is 0 Å². The van der Waals surface area contributed by atoms with Crippen LogP contribution < -0.4 is 5.32 Å². The van der Waals surface area contributed by atoms with Gasteiger partial charge in [0.05, 0.1) is 4.90 Å². The van der Waals surface area contributed by atoms with Gasteiger partial charge in [-0.2, -0.15) is 4.31 Å². The Kier molecular flexibility index (Phi) is 4.49. The summed E-state index contributed by atoms with van der Waals surface area (Å²) >= 11 is 0. The summed E-state index contributed by atoms with van der Waals surface area (Å²) in [6.07, 6.45) is 4.89. The molecule has 1 saturated carbocycles. The molecule has 120 valence electrons. The Hall–Kier alpha value is -1.40. The number of carbonyl (C=O) groups is 1. The molecule has 1 aliphatic heterocycles. The number of piperidine rings is 1. The molecule has 5 nitrogen and oxygen atoms in total. The molecule has 1 saturated heterocycles. The molecule has 6 heteroatoms. The van der Waals surface area contributed by atoms with Gasteiger partial charge in [-0.1, -0.05) is 18.6 Å². The largest absolute Gasteiger partial charge is 0.352 e. The van der Waals surface area contributed by atoms with Gasteiger partial charge in [-0.3, -0.25) is 4.79 Å². The Bertz CT molecular complexity index is 647. The van der Waals surface area contributed by atoms with Gasteiger partial charge in [0.25, 0.3) is 0 Å². The minimum Gasteiger partial charge on any atom is -0.352 e. The average molecular weight is 322 g/mol. The Morgan fingerprint density at radius 2 is 1.91 bits per heavy atom. The topological polar surface area (TPSA) is 66.5 Å². The van der Waals surface area contributed by atoms with E-state index in [9.17, 15) is 13.2 Å². The third-order valence-corrected chi connectivity index (χ3v) is 6.16. The molecule has 22 heavy (non-hydrogen) atoms. The Balaban J connectivity index is 1.70. The maximum absolute atomic E-state index is 12.6. The van der Waals surface area contributed by atoms with Gasteiger partial charge < -0.3 is 5.32 Å². The summed E-state index contributed by atoms with van der Waals surface area (Å²) in [4.78, 5) is 12.0. The predicted molar refractivity (Wildman–Crippen MR) is 83.6 cm³/mol. The normalized spacial score (nSPS) is 19.8. The lowest BCUT2D eigenvalue weighted by Crippen LogP contribution is -2.35. The first kappa shape index (κ1) is 15.5. The number of sulfonamides is 1. The van der Waals surface area contributed by atoms with Gasteiger partial charge in [-0.25, -0.2) is 8.42 Å². The van der Waals surface area contributed by atoms with E-state index in [2.05, 4.69) is 5.32 Å². The van der Waals surface area contributed by atoms with E-state index < -0.39 is 10.0 Å². The van der Waals surface area contributed by atoms with E-state index in [1.807, 2.05) is 6.07 Å². The number of hydrogen-bond acceptors (Lipinski definition) is 3. The molecule has 2 fully saturated rings. The van der Waals surface area contributed by atoms with Gasteiger partial charge >= 0.3 is 0 Å². The highest BCUT2D eigenvalue weighted by molar-refractivity contribution is 7.89. The van der Waals surface area contributed by atoms with Crippen molar-refractivity contribution in [3.8, 4) is 0 Å². The average Bonchev–Trinajstić information content (AvgIpc) is 3.39. The molecule has 3 rings (SSSR count). The van der Waals surface area contributed by atoms with Crippen LogP contribution in [0.2, 0.25) is 0 Å². The Morgan fingerprint density at radius 3 is 2.59 bits per heavy atom. The van der Waals surface area contributed by atoms with E-state index in [0.29, 0.717) is 24.5 Å². The first-order valence-electron chi connectivity index (χ1n) is 7.94. The van der Waals surface area contributed by atoms with Crippen molar-refractivity contribution in [2.24, 2.45) is 5.92 Å². The number of hydrogen-bond donors (Lipinski definition) is 1. The van der Waals surface area contributed by atoms with Gasteiger partial charge in [0.1, 0.15) is 0 Å². The van der Waals surface area contributed by atoms with Crippen LogP contribution in [0.4, 0.5) is 0 Å². The smallest absolute Gasteiger partial charge is 0.243 e. The van der Waals surface area contributed by atoms with Crippen LogP contribution in [0.1, 0.15) is 37.7 Å². The van der Waals surface area contributed by atoms with Crippen LogP contribution in [0.15, 0.2) is 29.2 Å². The van der Waals surface area contributed by atoms with E-state index in [1.54, 1.807) is 22.5 Å². The van der Waals surface area contributed by atoms with Crippen LogP contribution in [0, 0.1) is 5.92 Å². The van der Waals surface area contributed by atoms with Crippen molar-refractivity contribution in [3.05, 3.63) is 29.8 Å². The zero-order chi connectivity index (χ0) is 15.6. The fourth-order valence-corrected chi connectivity index (χ4v) is 4.34. The molecule has 0 unspecified atom stereocenters. The molecule has 1 aliphatic carbocycles. The SMILES string of the molecule is O=C(NCc1cccc(S(=O)(=O)N2CCCCC2)c1)C1CC1. The van der Waals surface area contributed by atoms with Crippen LogP contribution in [0.3, 0.4) is 0 Å². The molecular formula is C16H22N2O3S. The van der Waals surface area contributed by atoms with E-state index in [1.165, 1.54) is 0 Å². The van der Waals surface area contributed by atoms with Crippen molar-refractivity contribution >= 4 is 15.9 Å². The lowest BCUT2D eigenvalue weighted by atomic mass is 10.2. The summed E-state index contributed by atoms with van der Waals surface area (Å²) in [5, 5.41) is 2.87. The van der Waals surface area contributed by atoms with E-state index in [-0.39, 0.29) is 11.8 Å². The summed E-state index contributed by atoms with van der Waals surface area (Å²) in [6, 6.07) is 6.91. The lowest BCUT2D eigenvalue weighted by Gasteiger charge is -2.26. The highest BCUT2D eigenvalue weighted by atomic mass is 32.2. The number of nitrogens with zero attached hydrogens (tertiary/aromatic N) is 1. The fraction of sp³-hybridized carbons (Fsp3) is 0.562. The molecule has 1 aromatic rings. The van der Waals surface area contributed by atoms with Crippen LogP contribution in [0.25, 0.3) is 0 Å². The molecule has 1 aromatic carbocycles. The Labute approximate surface area is 131 Å². The van der Waals surface area contributed by atoms with Crippen molar-refractivity contribution in [1.82, 2.24) is 9.62 Å². The second-order valence-corrected chi connectivity index (χ2v) is 8.04. The molecule has 0 radical (unpaired) electrons. The highest BCUT2D eigenvalue weighted by Crippen LogP contribution is 2.29. The van der Waals surface area contributed by atoms with Crippen molar-refractivity contribution in [3.63, 3.8) is 0 Å². The summed E-state index contributed by atoms with van der Waals surface area (Å²) in [6.45, 7) is 1.59. The first-order valence-corrected chi connectivity index (χ1v) is 9.38. The van der Waals surface area contributed by atoms with Crippen molar-refractivity contribution in [2.45, 2.75) is 43.5 Å². The minimum atomic E-state index is -3.41. The lowest BCUT2D eigenvalue weighted by molar-refractivity contribution is -0.122. The first-order chi connectivity index (χ1) is 10.6. The molecule has 0 bridgehead atoms. The molecule has 1 heterocycles. The van der Waals surface area contributed by atoms with Gasteiger partial charge in [0.2, 0.25) is 15.9 Å². The zero-order valence-corrected chi connectivity index (χ0v) is 13.4. The minimum absolute atomic E-state index is 0.0734. The quantitative estimate of drug-likeness (QED) is 0.900. The maximum atomic E-state index is 12.6. The maximum Gasteiger partial charge on any atom is 0.243 e. The summed E-state index contributed by atoms with van der Waals surface area (Å²) in [5.74, 6) is 0.240. The molecule has 2 aliphatic rings. The summed E-state index contributed by atoms with van der Waals surface area (Å²) in [7, 11) is -3.41. The monoisotopic (exact) mass is 322 g/mol. The van der Waals surface area contributed by atoms with Gasteiger partial charge in [-0.05, 0) is 43.4 Å². The van der Waals surface area contributed by atoms with Crippen molar-refractivity contribution in [2.75, 3.05) is 13.1 Å².